The van der Waals surface area contributed by atoms with E-state index in [9.17, 15) is 19.2 Å². The van der Waals surface area contributed by atoms with Crippen LogP contribution in [0.25, 0.3) is 11.0 Å². The maximum atomic E-state index is 12.2. The molecule has 0 unspecified atom stereocenters. The lowest BCUT2D eigenvalue weighted by molar-refractivity contribution is -0.142. The molecule has 13 heteroatoms. The first kappa shape index (κ1) is 32.7. The fourth-order valence-electron chi connectivity index (χ4n) is 3.16. The predicted octanol–water partition coefficient (Wildman–Crippen LogP) is 1.06. The molecule has 0 fully saturated rings. The summed E-state index contributed by atoms with van der Waals surface area (Å²) < 4.78 is 36.6. The molecule has 222 valence electrons. The number of benzene rings is 1. The van der Waals surface area contributed by atoms with E-state index in [1.807, 2.05) is 6.92 Å². The smallest absolute Gasteiger partial charge is 0.349 e. The Balaban J connectivity index is 1.51. The Hall–Kier alpha value is -3.52. The third-order valence-electron chi connectivity index (χ3n) is 5.22. The van der Waals surface area contributed by atoms with Gasteiger partial charge in [-0.25, -0.2) is 4.79 Å². The highest BCUT2D eigenvalue weighted by Crippen LogP contribution is 2.20. The van der Waals surface area contributed by atoms with E-state index in [4.69, 9.17) is 28.1 Å². The van der Waals surface area contributed by atoms with Gasteiger partial charge < -0.3 is 43.5 Å². The zero-order valence-corrected chi connectivity index (χ0v) is 23.0. The van der Waals surface area contributed by atoms with Crippen LogP contribution in [0.3, 0.4) is 0 Å². The Morgan fingerprint density at radius 2 is 1.48 bits per heavy atom. The highest BCUT2D eigenvalue weighted by molar-refractivity contribution is 5.96. The van der Waals surface area contributed by atoms with Gasteiger partial charge in [0.1, 0.15) is 16.9 Å². The summed E-state index contributed by atoms with van der Waals surface area (Å²) in [6.45, 7) is 5.42. The Bertz CT molecular complexity index is 1120. The highest BCUT2D eigenvalue weighted by Gasteiger charge is 2.14. The Morgan fingerprint density at radius 3 is 2.12 bits per heavy atom. The van der Waals surface area contributed by atoms with E-state index in [0.29, 0.717) is 77.1 Å². The van der Waals surface area contributed by atoms with Crippen LogP contribution in [0.5, 0.6) is 5.75 Å². The first-order chi connectivity index (χ1) is 19.4. The van der Waals surface area contributed by atoms with Crippen molar-refractivity contribution in [2.24, 2.45) is 0 Å². The molecule has 2 aromatic rings. The normalized spacial score (nSPS) is 10.8. The molecule has 1 heterocycles. The number of carbonyl (C=O) groups excluding carboxylic acids is 3. The lowest BCUT2D eigenvalue weighted by Gasteiger charge is -2.09. The van der Waals surface area contributed by atoms with Crippen molar-refractivity contribution in [2.45, 2.75) is 19.8 Å². The second-order valence-electron chi connectivity index (χ2n) is 8.32. The highest BCUT2D eigenvalue weighted by atomic mass is 16.6. The molecule has 0 saturated heterocycles. The standard InChI is InChI=1S/C27H38N2O11/c1-3-7-29-26(32)22-17-20-4-5-21(18-23(20)40-27(22)33)39-19-24(30)28-8-10-36-12-14-38-16-15-37-13-11-35-9-6-25(31)34-2/h4-5,17-18H,3,6-16,19H2,1-2H3,(H,28,30)(H,29,32). The number of esters is 1. The van der Waals surface area contributed by atoms with Gasteiger partial charge in [-0.05, 0) is 24.6 Å². The largest absolute Gasteiger partial charge is 0.484 e. The zero-order valence-electron chi connectivity index (χ0n) is 23.0. The van der Waals surface area contributed by atoms with Crippen molar-refractivity contribution in [2.75, 3.05) is 79.7 Å². The number of ether oxygens (including phenoxy) is 6. The van der Waals surface area contributed by atoms with Crippen molar-refractivity contribution in [1.29, 1.82) is 0 Å². The summed E-state index contributed by atoms with van der Waals surface area (Å²) in [5.41, 5.74) is -0.562. The molecule has 2 N–H and O–H groups in total. The maximum absolute atomic E-state index is 12.2. The molecule has 0 bridgehead atoms. The van der Waals surface area contributed by atoms with Gasteiger partial charge in [0.05, 0.1) is 66.4 Å². The Labute approximate surface area is 232 Å². The Morgan fingerprint density at radius 1 is 0.825 bits per heavy atom. The van der Waals surface area contributed by atoms with E-state index < -0.39 is 11.5 Å². The van der Waals surface area contributed by atoms with Crippen LogP contribution in [0, 0.1) is 0 Å². The van der Waals surface area contributed by atoms with E-state index in [-0.39, 0.29) is 36.1 Å². The topological polar surface area (TPSA) is 161 Å². The first-order valence-corrected chi connectivity index (χ1v) is 13.1. The molecule has 0 saturated carbocycles. The summed E-state index contributed by atoms with van der Waals surface area (Å²) in [5.74, 6) is -0.785. The zero-order chi connectivity index (χ0) is 29.0. The van der Waals surface area contributed by atoms with Crippen molar-refractivity contribution in [3.63, 3.8) is 0 Å². The fourth-order valence-corrected chi connectivity index (χ4v) is 3.16. The number of rotatable bonds is 21. The third-order valence-corrected chi connectivity index (χ3v) is 5.22. The first-order valence-electron chi connectivity index (χ1n) is 13.1. The minimum Gasteiger partial charge on any atom is -0.484 e. The fraction of sp³-hybridized carbons (Fsp3) is 0.556. The molecule has 0 atom stereocenters. The monoisotopic (exact) mass is 566 g/mol. The third kappa shape index (κ3) is 13.0. The molecule has 13 nitrogen and oxygen atoms in total. The van der Waals surface area contributed by atoms with Gasteiger partial charge >= 0.3 is 11.6 Å². The van der Waals surface area contributed by atoms with Gasteiger partial charge in [-0.2, -0.15) is 0 Å². The van der Waals surface area contributed by atoms with Crippen molar-refractivity contribution in [3.05, 3.63) is 40.2 Å². The van der Waals surface area contributed by atoms with E-state index in [0.717, 1.165) is 6.42 Å². The molecule has 2 amide bonds. The van der Waals surface area contributed by atoms with Crippen LogP contribution in [-0.2, 0) is 33.3 Å². The van der Waals surface area contributed by atoms with Gasteiger partial charge in [-0.1, -0.05) is 6.92 Å². The van der Waals surface area contributed by atoms with E-state index in [1.54, 1.807) is 12.1 Å². The number of fused-ring (bicyclic) bond motifs is 1. The molecule has 0 aliphatic rings. The van der Waals surface area contributed by atoms with Crippen LogP contribution in [0.15, 0.2) is 33.5 Å². The lowest BCUT2D eigenvalue weighted by atomic mass is 10.1. The van der Waals surface area contributed by atoms with Gasteiger partial charge in [0, 0.05) is 24.5 Å². The summed E-state index contributed by atoms with van der Waals surface area (Å²) in [5, 5.41) is 5.89. The van der Waals surface area contributed by atoms with Crippen LogP contribution in [0.2, 0.25) is 0 Å². The molecular weight excluding hydrogens is 528 g/mol. The second kappa shape index (κ2) is 19.5. The summed E-state index contributed by atoms with van der Waals surface area (Å²) in [7, 11) is 1.33. The van der Waals surface area contributed by atoms with Gasteiger partial charge in [-0.3, -0.25) is 14.4 Å². The summed E-state index contributed by atoms with van der Waals surface area (Å²) >= 11 is 0. The predicted molar refractivity (Wildman–Crippen MR) is 144 cm³/mol. The molecule has 1 aromatic carbocycles. The lowest BCUT2D eigenvalue weighted by Crippen LogP contribution is -2.31. The molecule has 40 heavy (non-hydrogen) atoms. The van der Waals surface area contributed by atoms with E-state index >= 15 is 0 Å². The number of hydrogen-bond donors (Lipinski definition) is 2. The van der Waals surface area contributed by atoms with Gasteiger partial charge in [0.2, 0.25) is 0 Å². The van der Waals surface area contributed by atoms with Crippen LogP contribution >= 0.6 is 0 Å². The number of hydrogen-bond acceptors (Lipinski definition) is 11. The SMILES string of the molecule is CCCNC(=O)c1cc2ccc(OCC(=O)NCCOCCOCCOCCOCCC(=O)OC)cc2oc1=O. The molecule has 0 aliphatic heterocycles. The summed E-state index contributed by atoms with van der Waals surface area (Å²) in [6.07, 6.45) is 0.966. The van der Waals surface area contributed by atoms with Crippen molar-refractivity contribution < 1.29 is 47.2 Å². The van der Waals surface area contributed by atoms with E-state index in [2.05, 4.69) is 15.4 Å². The number of methoxy groups -OCH3 is 1. The number of amides is 2. The quantitative estimate of drug-likeness (QED) is 0.126. The molecule has 0 radical (unpaired) electrons. The molecule has 0 aliphatic carbocycles. The van der Waals surface area contributed by atoms with Crippen LogP contribution in [0.1, 0.15) is 30.1 Å². The van der Waals surface area contributed by atoms with Gasteiger partial charge in [0.25, 0.3) is 11.8 Å². The van der Waals surface area contributed by atoms with Crippen LogP contribution in [-0.4, -0.2) is 97.4 Å². The van der Waals surface area contributed by atoms with Gasteiger partial charge in [-0.15, -0.1) is 0 Å². The molecule has 0 spiro atoms. The summed E-state index contributed by atoms with van der Waals surface area (Å²) in [6, 6.07) is 6.23. The van der Waals surface area contributed by atoms with Crippen molar-refractivity contribution >= 4 is 28.8 Å². The molecule has 2 rings (SSSR count). The second-order valence-corrected chi connectivity index (χ2v) is 8.32. The molecular formula is C27H38N2O11. The molecule has 1 aromatic heterocycles. The van der Waals surface area contributed by atoms with Gasteiger partial charge in [0.15, 0.2) is 6.61 Å². The van der Waals surface area contributed by atoms with Crippen LogP contribution < -0.4 is 21.0 Å². The average Bonchev–Trinajstić information content (AvgIpc) is 2.96. The number of nitrogens with one attached hydrogen (secondary N) is 2. The van der Waals surface area contributed by atoms with Crippen molar-refractivity contribution in [3.8, 4) is 5.75 Å². The minimum atomic E-state index is -0.745. The Kier molecular flexibility index (Phi) is 16.0. The maximum Gasteiger partial charge on any atom is 0.349 e. The van der Waals surface area contributed by atoms with Crippen molar-refractivity contribution in [1.82, 2.24) is 10.6 Å². The minimum absolute atomic E-state index is 0.0656. The van der Waals surface area contributed by atoms with Crippen LogP contribution in [0.4, 0.5) is 0 Å². The summed E-state index contributed by atoms with van der Waals surface area (Å²) in [4.78, 5) is 47.2. The van der Waals surface area contributed by atoms with E-state index in [1.165, 1.54) is 19.2 Å². The number of carbonyl (C=O) groups is 3. The average molecular weight is 567 g/mol.